The summed E-state index contributed by atoms with van der Waals surface area (Å²) in [5.41, 5.74) is 3.05. The molecule has 198 valence electrons. The van der Waals surface area contributed by atoms with Gasteiger partial charge in [0, 0.05) is 43.6 Å². The van der Waals surface area contributed by atoms with Crippen molar-refractivity contribution in [3.8, 4) is 0 Å². The second-order valence-corrected chi connectivity index (χ2v) is 10.5. The minimum atomic E-state index is -4.07. The first-order valence-electron chi connectivity index (χ1n) is 12.0. The Morgan fingerprint density at radius 2 is 1.87 bits per heavy atom. The van der Waals surface area contributed by atoms with Crippen LogP contribution in [0, 0.1) is 5.82 Å². The molecule has 2 aromatic carbocycles. The second kappa shape index (κ2) is 10.2. The first-order chi connectivity index (χ1) is 18.2. The van der Waals surface area contributed by atoms with E-state index in [0.717, 1.165) is 17.8 Å². The predicted molar refractivity (Wildman–Crippen MR) is 142 cm³/mol. The quantitative estimate of drug-likeness (QED) is 0.410. The van der Waals surface area contributed by atoms with Crippen LogP contribution in [0.2, 0.25) is 0 Å². The van der Waals surface area contributed by atoms with E-state index in [0.29, 0.717) is 48.7 Å². The molecule has 0 bridgehead atoms. The van der Waals surface area contributed by atoms with Crippen molar-refractivity contribution in [3.05, 3.63) is 71.8 Å². The molecule has 0 spiro atoms. The first kappa shape index (κ1) is 25.3. The summed E-state index contributed by atoms with van der Waals surface area (Å²) in [5, 5.41) is 2.81. The molecule has 1 aromatic heterocycles. The highest BCUT2D eigenvalue weighted by atomic mass is 32.2. The number of aromatic nitrogens is 1. The average Bonchev–Trinajstić information content (AvgIpc) is 3.51. The number of anilines is 3. The number of piperazine rings is 1. The maximum atomic E-state index is 13.4. The van der Waals surface area contributed by atoms with Crippen LogP contribution in [0.25, 0.3) is 11.6 Å². The van der Waals surface area contributed by atoms with E-state index in [4.69, 9.17) is 4.74 Å². The van der Waals surface area contributed by atoms with Crippen molar-refractivity contribution in [2.24, 2.45) is 0 Å². The first-order valence-corrected chi connectivity index (χ1v) is 13.5. The van der Waals surface area contributed by atoms with Gasteiger partial charge in [0.05, 0.1) is 34.1 Å². The molecule has 3 heterocycles. The third kappa shape index (κ3) is 5.07. The van der Waals surface area contributed by atoms with E-state index in [1.165, 1.54) is 12.1 Å². The number of H-pyrrole nitrogens is 1. The van der Waals surface area contributed by atoms with Crippen LogP contribution in [-0.4, -0.2) is 63.1 Å². The molecule has 3 aromatic rings. The summed E-state index contributed by atoms with van der Waals surface area (Å²) >= 11 is 0. The van der Waals surface area contributed by atoms with Crippen molar-refractivity contribution in [2.45, 2.75) is 11.8 Å². The Labute approximate surface area is 219 Å². The number of benzene rings is 2. The Kier molecular flexibility index (Phi) is 6.81. The number of ether oxygens (including phenoxy) is 1. The van der Waals surface area contributed by atoms with Crippen molar-refractivity contribution >= 4 is 50.7 Å². The highest BCUT2D eigenvalue weighted by Crippen LogP contribution is 2.41. The molecule has 0 aliphatic carbocycles. The molecule has 0 saturated carbocycles. The van der Waals surface area contributed by atoms with Gasteiger partial charge in [0.2, 0.25) is 0 Å². The Morgan fingerprint density at radius 3 is 2.53 bits per heavy atom. The standard InChI is InChI=1S/C26H26FN5O5S/c1-2-37-26(34)32-12-10-31(11-13-32)24-15-20-21(14-18-4-3-9-28-18)25(33)29-22(20)16-23(24)30-38(35,36)19-7-5-17(27)6-8-19/h3-9,14-16,28,30H,2,10-13H2,1H3,(H,29,33)/b21-14-. The topological polar surface area (TPSA) is 124 Å². The van der Waals surface area contributed by atoms with Crippen molar-refractivity contribution < 1.29 is 27.1 Å². The fourth-order valence-corrected chi connectivity index (χ4v) is 5.53. The number of rotatable bonds is 6. The van der Waals surface area contributed by atoms with Gasteiger partial charge in [-0.05, 0) is 61.5 Å². The lowest BCUT2D eigenvalue weighted by atomic mass is 10.0. The molecule has 1 saturated heterocycles. The van der Waals surface area contributed by atoms with Crippen molar-refractivity contribution in [1.82, 2.24) is 9.88 Å². The molecule has 2 aliphatic heterocycles. The van der Waals surface area contributed by atoms with E-state index < -0.39 is 21.9 Å². The number of aromatic amines is 1. The lowest BCUT2D eigenvalue weighted by molar-refractivity contribution is -0.110. The zero-order chi connectivity index (χ0) is 26.9. The smallest absolute Gasteiger partial charge is 0.409 e. The largest absolute Gasteiger partial charge is 0.450 e. The van der Waals surface area contributed by atoms with Gasteiger partial charge in [-0.3, -0.25) is 9.52 Å². The highest BCUT2D eigenvalue weighted by Gasteiger charge is 2.30. The number of carbonyl (C=O) groups is 2. The Balaban J connectivity index is 1.52. The molecular weight excluding hydrogens is 513 g/mol. The molecule has 12 heteroatoms. The number of hydrogen-bond donors (Lipinski definition) is 3. The van der Waals surface area contributed by atoms with Gasteiger partial charge in [-0.2, -0.15) is 0 Å². The number of carbonyl (C=O) groups excluding carboxylic acids is 2. The molecular formula is C26H26FN5O5S. The zero-order valence-electron chi connectivity index (χ0n) is 20.5. The molecule has 5 rings (SSSR count). The minimum Gasteiger partial charge on any atom is -0.450 e. The van der Waals surface area contributed by atoms with E-state index in [9.17, 15) is 22.4 Å². The lowest BCUT2D eigenvalue weighted by Crippen LogP contribution is -2.49. The molecule has 2 amide bonds. The number of halogens is 1. The second-order valence-electron chi connectivity index (χ2n) is 8.78. The highest BCUT2D eigenvalue weighted by molar-refractivity contribution is 7.92. The normalized spacial score (nSPS) is 16.4. The van der Waals surface area contributed by atoms with Crippen molar-refractivity contribution in [3.63, 3.8) is 0 Å². The summed E-state index contributed by atoms with van der Waals surface area (Å²) in [6.45, 7) is 3.60. The number of nitrogens with zero attached hydrogens (tertiary/aromatic N) is 2. The van der Waals surface area contributed by atoms with Gasteiger partial charge in [-0.1, -0.05) is 0 Å². The molecule has 10 nitrogen and oxygen atoms in total. The predicted octanol–water partition coefficient (Wildman–Crippen LogP) is 3.73. The SMILES string of the molecule is CCOC(=O)N1CCN(c2cc3c(cc2NS(=O)(=O)c2ccc(F)cc2)NC(=O)/C3=C\c2ccc[nH]2)CC1. The van der Waals surface area contributed by atoms with E-state index >= 15 is 0 Å². The number of nitrogens with one attached hydrogen (secondary N) is 3. The van der Waals surface area contributed by atoms with Gasteiger partial charge in [-0.15, -0.1) is 0 Å². The molecule has 1 fully saturated rings. The summed E-state index contributed by atoms with van der Waals surface area (Å²) in [6, 6.07) is 11.5. The number of fused-ring (bicyclic) bond motifs is 1. The van der Waals surface area contributed by atoms with Crippen LogP contribution in [0.3, 0.4) is 0 Å². The maximum absolute atomic E-state index is 13.4. The number of sulfonamides is 1. The van der Waals surface area contributed by atoms with E-state index in [2.05, 4.69) is 15.0 Å². The van der Waals surface area contributed by atoms with Crippen LogP contribution in [0.1, 0.15) is 18.2 Å². The third-order valence-corrected chi connectivity index (χ3v) is 7.74. The van der Waals surface area contributed by atoms with Gasteiger partial charge in [0.15, 0.2) is 0 Å². The monoisotopic (exact) mass is 539 g/mol. The van der Waals surface area contributed by atoms with Gasteiger partial charge in [0.25, 0.3) is 15.9 Å². The summed E-state index contributed by atoms with van der Waals surface area (Å²) in [6.07, 6.45) is 3.08. The molecule has 3 N–H and O–H groups in total. The van der Waals surface area contributed by atoms with Gasteiger partial charge >= 0.3 is 6.09 Å². The maximum Gasteiger partial charge on any atom is 0.409 e. The molecule has 0 atom stereocenters. The van der Waals surface area contributed by atoms with Crippen molar-refractivity contribution in [1.29, 1.82) is 0 Å². The fourth-order valence-electron chi connectivity index (χ4n) is 4.46. The minimum absolute atomic E-state index is 0.103. The summed E-state index contributed by atoms with van der Waals surface area (Å²) < 4.78 is 47.5. The summed E-state index contributed by atoms with van der Waals surface area (Å²) in [7, 11) is -4.07. The van der Waals surface area contributed by atoms with E-state index in [-0.39, 0.29) is 23.1 Å². The van der Waals surface area contributed by atoms with Gasteiger partial charge < -0.3 is 24.8 Å². The van der Waals surface area contributed by atoms with Crippen LogP contribution in [0.5, 0.6) is 0 Å². The van der Waals surface area contributed by atoms with Crippen LogP contribution >= 0.6 is 0 Å². The van der Waals surface area contributed by atoms with Crippen LogP contribution in [0.4, 0.5) is 26.2 Å². The Hall–Kier alpha value is -4.32. The zero-order valence-corrected chi connectivity index (χ0v) is 21.3. The molecule has 38 heavy (non-hydrogen) atoms. The van der Waals surface area contributed by atoms with Gasteiger partial charge in [-0.25, -0.2) is 17.6 Å². The fraction of sp³-hybridized carbons (Fsp3) is 0.231. The third-order valence-electron chi connectivity index (χ3n) is 6.36. The van der Waals surface area contributed by atoms with Crippen LogP contribution in [0.15, 0.2) is 59.6 Å². The van der Waals surface area contributed by atoms with Crippen LogP contribution < -0.4 is 14.9 Å². The average molecular weight is 540 g/mol. The Bertz CT molecular complexity index is 1500. The Morgan fingerprint density at radius 1 is 1.13 bits per heavy atom. The molecule has 2 aliphatic rings. The molecule has 0 unspecified atom stereocenters. The van der Waals surface area contributed by atoms with Gasteiger partial charge in [0.1, 0.15) is 5.82 Å². The number of hydrogen-bond acceptors (Lipinski definition) is 6. The summed E-state index contributed by atoms with van der Waals surface area (Å²) in [5.74, 6) is -0.864. The van der Waals surface area contributed by atoms with E-state index in [1.54, 1.807) is 36.2 Å². The number of amides is 2. The summed E-state index contributed by atoms with van der Waals surface area (Å²) in [4.78, 5) is 31.5. The lowest BCUT2D eigenvalue weighted by Gasteiger charge is -2.36. The van der Waals surface area contributed by atoms with Crippen LogP contribution in [-0.2, 0) is 19.6 Å². The molecule has 0 radical (unpaired) electrons. The van der Waals surface area contributed by atoms with Crippen molar-refractivity contribution in [2.75, 3.05) is 47.7 Å². The van der Waals surface area contributed by atoms with E-state index in [1.807, 2.05) is 17.0 Å².